The van der Waals surface area contributed by atoms with Crippen molar-refractivity contribution in [2.24, 2.45) is 0 Å². The van der Waals surface area contributed by atoms with Crippen LogP contribution in [0.1, 0.15) is 31.0 Å². The second-order valence-corrected chi connectivity index (χ2v) is 7.48. The molecule has 0 amide bonds. The predicted molar refractivity (Wildman–Crippen MR) is 102 cm³/mol. The fourth-order valence-electron chi connectivity index (χ4n) is 3.67. The van der Waals surface area contributed by atoms with E-state index < -0.39 is 11.7 Å². The van der Waals surface area contributed by atoms with E-state index in [4.69, 9.17) is 9.47 Å². The minimum absolute atomic E-state index is 0.188. The third-order valence-corrected chi connectivity index (χ3v) is 5.14. The van der Waals surface area contributed by atoms with Crippen LogP contribution in [0.4, 0.5) is 5.69 Å². The normalized spacial score (nSPS) is 23.0. The molecule has 3 N–H and O–H groups in total. The van der Waals surface area contributed by atoms with Crippen molar-refractivity contribution in [1.82, 2.24) is 5.32 Å². The van der Waals surface area contributed by atoms with E-state index in [-0.39, 0.29) is 6.04 Å². The Labute approximate surface area is 154 Å². The van der Waals surface area contributed by atoms with Gasteiger partial charge in [-0.15, -0.1) is 0 Å². The molecule has 0 aliphatic carbocycles. The van der Waals surface area contributed by atoms with Crippen LogP contribution in [0.25, 0.3) is 0 Å². The lowest BCUT2D eigenvalue weighted by Crippen LogP contribution is -2.52. The topological polar surface area (TPSA) is 62.8 Å². The highest BCUT2D eigenvalue weighted by Gasteiger charge is 2.43. The summed E-state index contributed by atoms with van der Waals surface area (Å²) in [6.07, 6.45) is 0.265. The van der Waals surface area contributed by atoms with Crippen molar-refractivity contribution in [3.05, 3.63) is 53.6 Å². The second kappa shape index (κ2) is 6.82. The predicted octanol–water partition coefficient (Wildman–Crippen LogP) is 2.90. The fraction of sp³-hybridized carbons (Fsp3) is 0.429. The third-order valence-electron chi connectivity index (χ3n) is 5.14. The number of anilines is 1. The molecule has 26 heavy (non-hydrogen) atoms. The Kier molecular flexibility index (Phi) is 4.51. The number of nitrogens with one attached hydrogen (secondary N) is 2. The lowest BCUT2D eigenvalue weighted by atomic mass is 9.86. The van der Waals surface area contributed by atoms with Gasteiger partial charge in [-0.3, -0.25) is 0 Å². The molecule has 2 atom stereocenters. The zero-order chi connectivity index (χ0) is 18.1. The van der Waals surface area contributed by atoms with Gasteiger partial charge in [-0.05, 0) is 38.4 Å². The molecule has 5 nitrogen and oxygen atoms in total. The van der Waals surface area contributed by atoms with Crippen molar-refractivity contribution in [3.63, 3.8) is 0 Å². The molecule has 0 unspecified atom stereocenters. The molecule has 2 aliphatic rings. The fourth-order valence-corrected chi connectivity index (χ4v) is 3.67. The highest BCUT2D eigenvalue weighted by Crippen LogP contribution is 2.45. The molecule has 2 aromatic carbocycles. The summed E-state index contributed by atoms with van der Waals surface area (Å²) in [5.74, 6) is 1.59. The number of rotatable bonds is 4. The molecule has 0 radical (unpaired) electrons. The Bertz CT molecular complexity index is 776. The molecule has 0 saturated carbocycles. The van der Waals surface area contributed by atoms with E-state index in [1.54, 1.807) is 0 Å². The van der Waals surface area contributed by atoms with E-state index in [1.165, 1.54) is 5.56 Å². The summed E-state index contributed by atoms with van der Waals surface area (Å²) < 4.78 is 11.8. The maximum Gasteiger partial charge on any atom is 0.146 e. The van der Waals surface area contributed by atoms with Gasteiger partial charge in [0, 0.05) is 18.2 Å². The number of hydrogen-bond donors (Lipinski definition) is 3. The van der Waals surface area contributed by atoms with E-state index >= 15 is 0 Å². The summed E-state index contributed by atoms with van der Waals surface area (Å²) in [5, 5.41) is 17.8. The van der Waals surface area contributed by atoms with Crippen molar-refractivity contribution >= 4 is 5.69 Å². The molecule has 0 fully saturated rings. The standard InChI is InChI=1S/C21H26N2O3/c1-21(2)20(24)19(23-9-8-14-6-4-3-5-7-14)15-12-16-18(13-17(15)26-21)25-11-10-22-16/h3-7,12-13,19-20,22-24H,8-11H2,1-2H3/t19-,20+/m0/s1. The molecule has 2 aliphatic heterocycles. The zero-order valence-corrected chi connectivity index (χ0v) is 15.3. The Balaban J connectivity index is 1.58. The quantitative estimate of drug-likeness (QED) is 0.788. The molecule has 2 aromatic rings. The van der Waals surface area contributed by atoms with Gasteiger partial charge in [-0.25, -0.2) is 0 Å². The molecule has 5 heteroatoms. The first kappa shape index (κ1) is 17.2. The number of hydrogen-bond acceptors (Lipinski definition) is 5. The monoisotopic (exact) mass is 354 g/mol. The van der Waals surface area contributed by atoms with Crippen molar-refractivity contribution in [2.75, 3.05) is 25.0 Å². The largest absolute Gasteiger partial charge is 0.489 e. The van der Waals surface area contributed by atoms with Crippen LogP contribution >= 0.6 is 0 Å². The molecule has 0 spiro atoms. The van der Waals surface area contributed by atoms with Gasteiger partial charge >= 0.3 is 0 Å². The number of aliphatic hydroxyl groups is 1. The van der Waals surface area contributed by atoms with Crippen LogP contribution in [0.15, 0.2) is 42.5 Å². The van der Waals surface area contributed by atoms with E-state index in [0.717, 1.165) is 42.3 Å². The number of aliphatic hydroxyl groups excluding tert-OH is 1. The van der Waals surface area contributed by atoms with Crippen LogP contribution in [0.3, 0.4) is 0 Å². The van der Waals surface area contributed by atoms with Crippen molar-refractivity contribution in [3.8, 4) is 11.5 Å². The van der Waals surface area contributed by atoms with Crippen LogP contribution < -0.4 is 20.1 Å². The SMILES string of the molecule is CC1(C)Oc2cc3c(cc2[C@H](NCCc2ccccc2)[C@H]1O)NCCO3. The number of benzene rings is 2. The summed E-state index contributed by atoms with van der Waals surface area (Å²) in [5.41, 5.74) is 2.54. The van der Waals surface area contributed by atoms with Crippen LogP contribution in [-0.2, 0) is 6.42 Å². The summed E-state index contributed by atoms with van der Waals surface area (Å²) in [7, 11) is 0. The summed E-state index contributed by atoms with van der Waals surface area (Å²) >= 11 is 0. The van der Waals surface area contributed by atoms with Gasteiger partial charge in [0.2, 0.25) is 0 Å². The smallest absolute Gasteiger partial charge is 0.146 e. The van der Waals surface area contributed by atoms with E-state index in [0.29, 0.717) is 6.61 Å². The number of ether oxygens (including phenoxy) is 2. The molecule has 2 heterocycles. The van der Waals surface area contributed by atoms with E-state index in [9.17, 15) is 5.11 Å². The van der Waals surface area contributed by atoms with E-state index in [2.05, 4.69) is 34.9 Å². The minimum Gasteiger partial charge on any atom is -0.489 e. The van der Waals surface area contributed by atoms with Gasteiger partial charge in [-0.2, -0.15) is 0 Å². The van der Waals surface area contributed by atoms with Gasteiger partial charge in [0.05, 0.1) is 11.7 Å². The lowest BCUT2D eigenvalue weighted by Gasteiger charge is -2.43. The average Bonchev–Trinajstić information content (AvgIpc) is 2.64. The van der Waals surface area contributed by atoms with E-state index in [1.807, 2.05) is 32.0 Å². The lowest BCUT2D eigenvalue weighted by molar-refractivity contribution is -0.0645. The van der Waals surface area contributed by atoms with Crippen molar-refractivity contribution in [2.45, 2.75) is 38.0 Å². The highest BCUT2D eigenvalue weighted by atomic mass is 16.5. The molecule has 4 rings (SSSR count). The highest BCUT2D eigenvalue weighted by molar-refractivity contribution is 5.64. The summed E-state index contributed by atoms with van der Waals surface area (Å²) in [6, 6.07) is 14.2. The Hall–Kier alpha value is -2.24. The van der Waals surface area contributed by atoms with Gasteiger partial charge in [0.1, 0.15) is 29.8 Å². The third kappa shape index (κ3) is 3.24. The van der Waals surface area contributed by atoms with Crippen molar-refractivity contribution < 1.29 is 14.6 Å². The summed E-state index contributed by atoms with van der Waals surface area (Å²) in [6.45, 7) is 6.06. The van der Waals surface area contributed by atoms with Gasteiger partial charge in [-0.1, -0.05) is 30.3 Å². The first-order valence-corrected chi connectivity index (χ1v) is 9.23. The van der Waals surface area contributed by atoms with Crippen LogP contribution in [-0.4, -0.2) is 36.5 Å². The second-order valence-electron chi connectivity index (χ2n) is 7.48. The minimum atomic E-state index is -0.673. The zero-order valence-electron chi connectivity index (χ0n) is 15.3. The first-order valence-electron chi connectivity index (χ1n) is 9.23. The molecular formula is C21H26N2O3. The van der Waals surface area contributed by atoms with Gasteiger partial charge in [0.15, 0.2) is 0 Å². The molecule has 0 aromatic heterocycles. The first-order chi connectivity index (χ1) is 12.5. The Morgan fingerprint density at radius 3 is 2.81 bits per heavy atom. The van der Waals surface area contributed by atoms with Crippen LogP contribution in [0.5, 0.6) is 11.5 Å². The Morgan fingerprint density at radius 2 is 2.00 bits per heavy atom. The maximum absolute atomic E-state index is 10.9. The van der Waals surface area contributed by atoms with Crippen molar-refractivity contribution in [1.29, 1.82) is 0 Å². The molecule has 0 bridgehead atoms. The maximum atomic E-state index is 10.9. The molecule has 0 saturated heterocycles. The molecule has 138 valence electrons. The van der Waals surface area contributed by atoms with Gasteiger partial charge in [0.25, 0.3) is 0 Å². The van der Waals surface area contributed by atoms with Crippen LogP contribution in [0, 0.1) is 0 Å². The van der Waals surface area contributed by atoms with Crippen LogP contribution in [0.2, 0.25) is 0 Å². The average molecular weight is 354 g/mol. The number of fused-ring (bicyclic) bond motifs is 2. The van der Waals surface area contributed by atoms with Gasteiger partial charge < -0.3 is 25.2 Å². The molecular weight excluding hydrogens is 328 g/mol. The Morgan fingerprint density at radius 1 is 1.19 bits per heavy atom. The summed E-state index contributed by atoms with van der Waals surface area (Å²) in [4.78, 5) is 0.